The zero-order valence-electron chi connectivity index (χ0n) is 17.6. The van der Waals surface area contributed by atoms with Crippen molar-refractivity contribution in [3.05, 3.63) is 71.8 Å². The third kappa shape index (κ3) is 4.87. The molecular weight excluding hydrogens is 394 g/mol. The third-order valence-electron chi connectivity index (χ3n) is 4.74. The highest BCUT2D eigenvalue weighted by Crippen LogP contribution is 2.33. The largest absolute Gasteiger partial charge is 0.419 e. The van der Waals surface area contributed by atoms with Crippen molar-refractivity contribution in [2.24, 2.45) is 0 Å². The maximum atomic E-state index is 12.3. The molecule has 1 N–H and O–H groups in total. The van der Waals surface area contributed by atoms with E-state index in [1.165, 1.54) is 0 Å². The Balaban J connectivity index is 1.42. The summed E-state index contributed by atoms with van der Waals surface area (Å²) >= 11 is 0. The summed E-state index contributed by atoms with van der Waals surface area (Å²) in [4.78, 5) is 14.1. The predicted molar refractivity (Wildman–Crippen MR) is 116 cm³/mol. The van der Waals surface area contributed by atoms with Crippen molar-refractivity contribution in [2.75, 3.05) is 18.9 Å². The van der Waals surface area contributed by atoms with Gasteiger partial charge in [0.15, 0.2) is 0 Å². The van der Waals surface area contributed by atoms with Crippen LogP contribution < -0.4 is 5.32 Å². The molecule has 0 aliphatic heterocycles. The van der Waals surface area contributed by atoms with Gasteiger partial charge in [0.05, 0.1) is 13.1 Å². The van der Waals surface area contributed by atoms with Gasteiger partial charge in [-0.2, -0.15) is 0 Å². The van der Waals surface area contributed by atoms with Crippen LogP contribution in [0.4, 0.5) is 5.69 Å². The molecule has 0 spiro atoms. The van der Waals surface area contributed by atoms with Crippen molar-refractivity contribution in [3.63, 3.8) is 0 Å². The van der Waals surface area contributed by atoms with Gasteiger partial charge in [0.2, 0.25) is 11.8 Å². The maximum absolute atomic E-state index is 12.3. The standard InChI is InChI=1S/C23H23N5O3/c1-15-9-11-18(12-10-15)24-19(29)13-28(3)14-20-25-26-23(30-20)21-16(2)31-27-22(21)17-7-5-4-6-8-17/h4-12H,13-14H2,1-3H3,(H,24,29). The van der Waals surface area contributed by atoms with Crippen molar-refractivity contribution >= 4 is 11.6 Å². The van der Waals surface area contributed by atoms with Crippen LogP contribution in [0.1, 0.15) is 17.2 Å². The number of benzene rings is 2. The van der Waals surface area contributed by atoms with Crippen LogP contribution in [-0.4, -0.2) is 39.8 Å². The van der Waals surface area contributed by atoms with E-state index >= 15 is 0 Å². The van der Waals surface area contributed by atoms with E-state index in [0.29, 0.717) is 35.3 Å². The van der Waals surface area contributed by atoms with Gasteiger partial charge in [-0.25, -0.2) is 0 Å². The first-order valence-corrected chi connectivity index (χ1v) is 9.89. The van der Waals surface area contributed by atoms with E-state index in [1.54, 1.807) is 11.8 Å². The van der Waals surface area contributed by atoms with Crippen molar-refractivity contribution in [1.82, 2.24) is 20.3 Å². The van der Waals surface area contributed by atoms with E-state index in [9.17, 15) is 4.79 Å². The molecule has 8 nitrogen and oxygen atoms in total. The van der Waals surface area contributed by atoms with Gasteiger partial charge in [-0.1, -0.05) is 53.2 Å². The third-order valence-corrected chi connectivity index (χ3v) is 4.74. The second-order valence-corrected chi connectivity index (χ2v) is 7.42. The molecule has 1 amide bonds. The van der Waals surface area contributed by atoms with Gasteiger partial charge in [0, 0.05) is 11.3 Å². The molecule has 2 aromatic carbocycles. The molecule has 2 aromatic heterocycles. The monoisotopic (exact) mass is 417 g/mol. The molecule has 31 heavy (non-hydrogen) atoms. The van der Waals surface area contributed by atoms with Crippen LogP contribution in [0, 0.1) is 13.8 Å². The number of nitrogens with zero attached hydrogens (tertiary/aromatic N) is 4. The Labute approximate surface area is 179 Å². The van der Waals surface area contributed by atoms with Gasteiger partial charge in [0.1, 0.15) is 17.0 Å². The first-order chi connectivity index (χ1) is 15.0. The van der Waals surface area contributed by atoms with E-state index in [1.807, 2.05) is 68.6 Å². The molecule has 8 heteroatoms. The number of nitrogens with one attached hydrogen (secondary N) is 1. The lowest BCUT2D eigenvalue weighted by atomic mass is 10.1. The Bertz CT molecular complexity index is 1170. The van der Waals surface area contributed by atoms with Crippen LogP contribution in [0.15, 0.2) is 63.5 Å². The molecule has 2 heterocycles. The molecule has 0 radical (unpaired) electrons. The zero-order valence-corrected chi connectivity index (χ0v) is 17.6. The summed E-state index contributed by atoms with van der Waals surface area (Å²) in [6.07, 6.45) is 0. The van der Waals surface area contributed by atoms with E-state index in [4.69, 9.17) is 8.94 Å². The first kappa shape index (κ1) is 20.5. The molecule has 0 fully saturated rings. The number of likely N-dealkylation sites (N-methyl/N-ethyl adjacent to an activating group) is 1. The quantitative estimate of drug-likeness (QED) is 0.484. The molecule has 0 atom stereocenters. The number of hydrogen-bond donors (Lipinski definition) is 1. The van der Waals surface area contributed by atoms with E-state index in [2.05, 4.69) is 20.7 Å². The predicted octanol–water partition coefficient (Wildman–Crippen LogP) is 4.08. The summed E-state index contributed by atoms with van der Waals surface area (Å²) in [5.41, 5.74) is 4.13. The number of aryl methyl sites for hydroxylation is 2. The molecule has 0 saturated heterocycles. The van der Waals surface area contributed by atoms with Gasteiger partial charge in [0.25, 0.3) is 5.89 Å². The SMILES string of the molecule is Cc1ccc(NC(=O)CN(C)Cc2nnc(-c3c(-c4ccccc4)noc3C)o2)cc1. The minimum absolute atomic E-state index is 0.118. The molecule has 0 bridgehead atoms. The summed E-state index contributed by atoms with van der Waals surface area (Å²) < 4.78 is 11.2. The Hall–Kier alpha value is -3.78. The number of carbonyl (C=O) groups is 1. The summed E-state index contributed by atoms with van der Waals surface area (Å²) in [6.45, 7) is 4.33. The van der Waals surface area contributed by atoms with Crippen LogP contribution in [0.2, 0.25) is 0 Å². The number of carbonyl (C=O) groups excluding carboxylic acids is 1. The lowest BCUT2D eigenvalue weighted by Gasteiger charge is -2.14. The second kappa shape index (κ2) is 8.93. The van der Waals surface area contributed by atoms with Gasteiger partial charge in [-0.05, 0) is 33.0 Å². The summed E-state index contributed by atoms with van der Waals surface area (Å²) in [5.74, 6) is 1.22. The highest BCUT2D eigenvalue weighted by molar-refractivity contribution is 5.92. The molecule has 0 unspecified atom stereocenters. The second-order valence-electron chi connectivity index (χ2n) is 7.42. The lowest BCUT2D eigenvalue weighted by molar-refractivity contribution is -0.117. The van der Waals surface area contributed by atoms with Crippen molar-refractivity contribution in [1.29, 1.82) is 0 Å². The molecule has 0 aliphatic rings. The maximum Gasteiger partial charge on any atom is 0.253 e. The fourth-order valence-electron chi connectivity index (χ4n) is 3.20. The molecule has 0 saturated carbocycles. The Kier molecular flexibility index (Phi) is 5.90. The highest BCUT2D eigenvalue weighted by atomic mass is 16.5. The Morgan fingerprint density at radius 2 is 1.77 bits per heavy atom. The average molecular weight is 417 g/mol. The van der Waals surface area contributed by atoms with Crippen LogP contribution in [0.5, 0.6) is 0 Å². The van der Waals surface area contributed by atoms with Gasteiger partial charge in [-0.15, -0.1) is 10.2 Å². The lowest BCUT2D eigenvalue weighted by Crippen LogP contribution is -2.29. The number of amides is 1. The van der Waals surface area contributed by atoms with Crippen molar-refractivity contribution in [3.8, 4) is 22.7 Å². The molecule has 4 rings (SSSR count). The number of aromatic nitrogens is 3. The molecule has 0 aliphatic carbocycles. The van der Waals surface area contributed by atoms with E-state index in [-0.39, 0.29) is 12.5 Å². The summed E-state index contributed by atoms with van der Waals surface area (Å²) in [6, 6.07) is 17.3. The van der Waals surface area contributed by atoms with Crippen molar-refractivity contribution in [2.45, 2.75) is 20.4 Å². The fraction of sp³-hybridized carbons (Fsp3) is 0.217. The Morgan fingerprint density at radius 3 is 2.52 bits per heavy atom. The van der Waals surface area contributed by atoms with E-state index < -0.39 is 0 Å². The smallest absolute Gasteiger partial charge is 0.253 e. The highest BCUT2D eigenvalue weighted by Gasteiger charge is 2.22. The van der Waals surface area contributed by atoms with Gasteiger partial charge < -0.3 is 14.3 Å². The number of hydrogen-bond acceptors (Lipinski definition) is 7. The van der Waals surface area contributed by atoms with E-state index in [0.717, 1.165) is 16.8 Å². The van der Waals surface area contributed by atoms with Crippen LogP contribution in [-0.2, 0) is 11.3 Å². The summed E-state index contributed by atoms with van der Waals surface area (Å²) in [7, 11) is 1.82. The molecular formula is C23H23N5O3. The average Bonchev–Trinajstić information content (AvgIpc) is 3.36. The summed E-state index contributed by atoms with van der Waals surface area (Å²) in [5, 5.41) is 15.3. The molecule has 4 aromatic rings. The minimum Gasteiger partial charge on any atom is -0.419 e. The van der Waals surface area contributed by atoms with Crippen molar-refractivity contribution < 1.29 is 13.7 Å². The molecule has 158 valence electrons. The van der Waals surface area contributed by atoms with Gasteiger partial charge >= 0.3 is 0 Å². The topological polar surface area (TPSA) is 97.3 Å². The minimum atomic E-state index is -0.118. The first-order valence-electron chi connectivity index (χ1n) is 9.89. The van der Waals surface area contributed by atoms with Gasteiger partial charge in [-0.3, -0.25) is 9.69 Å². The number of anilines is 1. The number of rotatable bonds is 7. The Morgan fingerprint density at radius 1 is 1.03 bits per heavy atom. The zero-order chi connectivity index (χ0) is 21.8. The van der Waals surface area contributed by atoms with Crippen LogP contribution in [0.25, 0.3) is 22.7 Å². The van der Waals surface area contributed by atoms with Crippen LogP contribution in [0.3, 0.4) is 0 Å². The fourth-order valence-corrected chi connectivity index (χ4v) is 3.20. The normalized spacial score (nSPS) is 11.1. The van der Waals surface area contributed by atoms with Crippen LogP contribution >= 0.6 is 0 Å².